The van der Waals surface area contributed by atoms with E-state index in [1.165, 1.54) is 6.07 Å². The molecule has 0 unspecified atom stereocenters. The summed E-state index contributed by atoms with van der Waals surface area (Å²) in [6.45, 7) is 6.10. The normalized spacial score (nSPS) is 10.4. The molecule has 1 aromatic heterocycles. The molecule has 2 amide bonds. The molecule has 134 valence electrons. The van der Waals surface area contributed by atoms with E-state index in [4.69, 9.17) is 4.74 Å². The molecule has 0 aliphatic heterocycles. The van der Waals surface area contributed by atoms with Crippen molar-refractivity contribution >= 4 is 11.7 Å². The monoisotopic (exact) mass is 349 g/mol. The largest absolute Gasteiger partial charge is 0.491 e. The Morgan fingerprint density at radius 1 is 1.28 bits per heavy atom. The number of anilines is 1. The average molecular weight is 349 g/mol. The fourth-order valence-electron chi connectivity index (χ4n) is 2.37. The summed E-state index contributed by atoms with van der Waals surface area (Å²) < 4.78 is 33.0. The molecule has 0 fully saturated rings. The predicted molar refractivity (Wildman–Crippen MR) is 92.0 cm³/mol. The highest BCUT2D eigenvalue weighted by Crippen LogP contribution is 2.27. The van der Waals surface area contributed by atoms with Gasteiger partial charge in [0.05, 0.1) is 6.61 Å². The van der Waals surface area contributed by atoms with E-state index in [1.807, 2.05) is 19.9 Å². The van der Waals surface area contributed by atoms with Crippen molar-refractivity contribution in [3.63, 3.8) is 0 Å². The summed E-state index contributed by atoms with van der Waals surface area (Å²) in [6.07, 6.45) is 2.27. The van der Waals surface area contributed by atoms with Crippen LogP contribution in [0.1, 0.15) is 23.7 Å². The first-order valence-electron chi connectivity index (χ1n) is 8.00. The highest BCUT2D eigenvalue weighted by Gasteiger charge is 2.17. The van der Waals surface area contributed by atoms with E-state index >= 15 is 0 Å². The molecule has 7 heteroatoms. The van der Waals surface area contributed by atoms with Gasteiger partial charge in [-0.3, -0.25) is 4.98 Å². The van der Waals surface area contributed by atoms with Crippen LogP contribution in [0.2, 0.25) is 0 Å². The van der Waals surface area contributed by atoms with Crippen molar-refractivity contribution in [1.29, 1.82) is 0 Å². The van der Waals surface area contributed by atoms with Gasteiger partial charge in [0.1, 0.15) is 11.5 Å². The number of ether oxygens (including phenoxy) is 1. The first-order chi connectivity index (χ1) is 11.9. The lowest BCUT2D eigenvalue weighted by Crippen LogP contribution is -2.31. The standard InChI is InChI=1S/C18H21F2N3O2/c1-4-25-15-6-5-13(19)17(16(15)20)23-18(24)21-8-7-14-12(3)9-11(2)10-22-14/h5-6,9-10H,4,7-8H2,1-3H3,(H2,21,23,24). The number of aryl methyl sites for hydroxylation is 2. The van der Waals surface area contributed by atoms with Crippen molar-refractivity contribution in [2.24, 2.45) is 0 Å². The summed E-state index contributed by atoms with van der Waals surface area (Å²) in [5.74, 6) is -1.92. The Bertz CT molecular complexity index is 766. The number of amides is 2. The Morgan fingerprint density at radius 2 is 2.04 bits per heavy atom. The predicted octanol–water partition coefficient (Wildman–Crippen LogP) is 3.74. The molecular weight excluding hydrogens is 328 g/mol. The quantitative estimate of drug-likeness (QED) is 0.835. The lowest BCUT2D eigenvalue weighted by molar-refractivity contribution is 0.252. The smallest absolute Gasteiger partial charge is 0.319 e. The topological polar surface area (TPSA) is 63.2 Å². The molecule has 0 aliphatic rings. The van der Waals surface area contributed by atoms with Gasteiger partial charge in [-0.1, -0.05) is 6.07 Å². The molecule has 2 rings (SSSR count). The summed E-state index contributed by atoms with van der Waals surface area (Å²) in [7, 11) is 0. The summed E-state index contributed by atoms with van der Waals surface area (Å²) in [6, 6.07) is 3.54. The Morgan fingerprint density at radius 3 is 2.72 bits per heavy atom. The molecule has 0 bridgehead atoms. The van der Waals surface area contributed by atoms with Crippen LogP contribution in [0.3, 0.4) is 0 Å². The maximum absolute atomic E-state index is 14.1. The SMILES string of the molecule is CCOc1ccc(F)c(NC(=O)NCCc2ncc(C)cc2C)c1F. The van der Waals surface area contributed by atoms with Crippen LogP contribution in [-0.2, 0) is 6.42 Å². The third-order valence-electron chi connectivity index (χ3n) is 3.56. The summed E-state index contributed by atoms with van der Waals surface area (Å²) in [5, 5.41) is 4.75. The Hall–Kier alpha value is -2.70. The van der Waals surface area contributed by atoms with E-state index in [0.29, 0.717) is 6.42 Å². The number of rotatable bonds is 6. The second-order valence-electron chi connectivity index (χ2n) is 5.57. The highest BCUT2D eigenvalue weighted by molar-refractivity contribution is 5.89. The van der Waals surface area contributed by atoms with E-state index < -0.39 is 23.4 Å². The van der Waals surface area contributed by atoms with Gasteiger partial charge < -0.3 is 15.4 Å². The van der Waals surface area contributed by atoms with Crippen LogP contribution in [0, 0.1) is 25.5 Å². The van der Waals surface area contributed by atoms with Gasteiger partial charge in [0.2, 0.25) is 0 Å². The number of carbonyl (C=O) groups is 1. The van der Waals surface area contributed by atoms with E-state index in [0.717, 1.165) is 22.9 Å². The van der Waals surface area contributed by atoms with Crippen LogP contribution >= 0.6 is 0 Å². The number of pyridine rings is 1. The number of halogens is 2. The van der Waals surface area contributed by atoms with Crippen LogP contribution in [0.25, 0.3) is 0 Å². The molecule has 1 heterocycles. The molecule has 1 aromatic carbocycles. The van der Waals surface area contributed by atoms with Gasteiger partial charge in [-0.2, -0.15) is 0 Å². The van der Waals surface area contributed by atoms with Gasteiger partial charge in [0, 0.05) is 24.9 Å². The molecule has 0 saturated heterocycles. The fraction of sp³-hybridized carbons (Fsp3) is 0.333. The Labute approximate surface area is 145 Å². The maximum Gasteiger partial charge on any atom is 0.319 e. The first kappa shape index (κ1) is 18.6. The first-order valence-corrected chi connectivity index (χ1v) is 8.00. The zero-order valence-corrected chi connectivity index (χ0v) is 14.5. The van der Waals surface area contributed by atoms with Crippen LogP contribution in [0.4, 0.5) is 19.3 Å². The number of urea groups is 1. The van der Waals surface area contributed by atoms with E-state index in [9.17, 15) is 13.6 Å². The number of carbonyl (C=O) groups excluding carboxylic acids is 1. The Balaban J connectivity index is 1.95. The van der Waals surface area contributed by atoms with Crippen molar-refractivity contribution in [3.8, 4) is 5.75 Å². The van der Waals surface area contributed by atoms with E-state index in [1.54, 1.807) is 13.1 Å². The lowest BCUT2D eigenvalue weighted by atomic mass is 10.1. The van der Waals surface area contributed by atoms with Gasteiger partial charge in [-0.25, -0.2) is 13.6 Å². The average Bonchev–Trinajstić information content (AvgIpc) is 2.56. The molecule has 0 radical (unpaired) electrons. The van der Waals surface area contributed by atoms with Gasteiger partial charge >= 0.3 is 6.03 Å². The maximum atomic E-state index is 14.1. The third-order valence-corrected chi connectivity index (χ3v) is 3.56. The molecule has 25 heavy (non-hydrogen) atoms. The van der Waals surface area contributed by atoms with Crippen LogP contribution in [-0.4, -0.2) is 24.2 Å². The molecule has 2 aromatic rings. The Kier molecular flexibility index (Phi) is 6.27. The number of aromatic nitrogens is 1. The summed E-state index contributed by atoms with van der Waals surface area (Å²) in [5.41, 5.74) is 2.42. The third kappa shape index (κ3) is 4.89. The summed E-state index contributed by atoms with van der Waals surface area (Å²) in [4.78, 5) is 16.2. The minimum Gasteiger partial charge on any atom is -0.491 e. The van der Waals surface area contributed by atoms with Crippen molar-refractivity contribution in [2.75, 3.05) is 18.5 Å². The van der Waals surface area contributed by atoms with Crippen molar-refractivity contribution in [3.05, 3.63) is 52.9 Å². The number of benzene rings is 1. The number of hydrogen-bond acceptors (Lipinski definition) is 3. The number of nitrogens with zero attached hydrogens (tertiary/aromatic N) is 1. The van der Waals surface area contributed by atoms with E-state index in [-0.39, 0.29) is 18.9 Å². The lowest BCUT2D eigenvalue weighted by Gasteiger charge is -2.12. The second-order valence-corrected chi connectivity index (χ2v) is 5.57. The minimum atomic E-state index is -0.937. The van der Waals surface area contributed by atoms with Crippen molar-refractivity contribution in [2.45, 2.75) is 27.2 Å². The van der Waals surface area contributed by atoms with Gasteiger partial charge in [-0.15, -0.1) is 0 Å². The van der Waals surface area contributed by atoms with Crippen molar-refractivity contribution < 1.29 is 18.3 Å². The summed E-state index contributed by atoms with van der Waals surface area (Å²) >= 11 is 0. The second kappa shape index (κ2) is 8.41. The highest BCUT2D eigenvalue weighted by atomic mass is 19.1. The van der Waals surface area contributed by atoms with Crippen LogP contribution < -0.4 is 15.4 Å². The van der Waals surface area contributed by atoms with Crippen LogP contribution in [0.5, 0.6) is 5.75 Å². The van der Waals surface area contributed by atoms with Gasteiger partial charge in [-0.05, 0) is 44.0 Å². The molecular formula is C18H21F2N3O2. The minimum absolute atomic E-state index is 0.112. The van der Waals surface area contributed by atoms with Crippen molar-refractivity contribution in [1.82, 2.24) is 10.3 Å². The fourth-order valence-corrected chi connectivity index (χ4v) is 2.37. The molecule has 0 spiro atoms. The zero-order valence-electron chi connectivity index (χ0n) is 14.5. The molecule has 5 nitrogen and oxygen atoms in total. The van der Waals surface area contributed by atoms with Gasteiger partial charge in [0.15, 0.2) is 11.6 Å². The molecule has 2 N–H and O–H groups in total. The molecule has 0 aliphatic carbocycles. The number of hydrogen-bond donors (Lipinski definition) is 2. The number of nitrogens with one attached hydrogen (secondary N) is 2. The van der Waals surface area contributed by atoms with E-state index in [2.05, 4.69) is 15.6 Å². The van der Waals surface area contributed by atoms with Crippen LogP contribution in [0.15, 0.2) is 24.4 Å². The zero-order chi connectivity index (χ0) is 18.4. The molecule has 0 saturated carbocycles. The van der Waals surface area contributed by atoms with Gasteiger partial charge in [0.25, 0.3) is 0 Å². The molecule has 0 atom stereocenters.